The molecule has 192 valence electrons. The van der Waals surface area contributed by atoms with Gasteiger partial charge in [-0.05, 0) is 80.1 Å². The Morgan fingerprint density at radius 3 is 1.85 bits per heavy atom. The Morgan fingerprint density at radius 2 is 1.47 bits per heavy atom. The molecule has 0 unspecified atom stereocenters. The number of carbonyl (C=O) groups is 5. The largest absolute Gasteiger partial charge is 0.481 e. The monoisotopic (exact) mass is 482 g/mol. The molecular formula is C24H38N2O8. The van der Waals surface area contributed by atoms with Crippen LogP contribution in [0.4, 0.5) is 9.59 Å². The molecule has 1 spiro atoms. The summed E-state index contributed by atoms with van der Waals surface area (Å²) in [4.78, 5) is 59.0. The zero-order chi connectivity index (χ0) is 25.9. The first-order chi connectivity index (χ1) is 15.5. The van der Waals surface area contributed by atoms with Crippen LogP contribution in [0.2, 0.25) is 0 Å². The van der Waals surface area contributed by atoms with E-state index in [4.69, 9.17) is 14.6 Å². The Morgan fingerprint density at radius 1 is 0.941 bits per heavy atom. The minimum atomic E-state index is -0.893. The number of nitrogens with one attached hydrogen (secondary N) is 1. The van der Waals surface area contributed by atoms with E-state index in [0.717, 1.165) is 12.8 Å². The van der Waals surface area contributed by atoms with Crippen molar-refractivity contribution >= 4 is 29.8 Å². The normalized spacial score (nSPS) is 20.8. The van der Waals surface area contributed by atoms with Crippen molar-refractivity contribution in [3.05, 3.63) is 0 Å². The topological polar surface area (TPSA) is 139 Å². The van der Waals surface area contributed by atoms with E-state index in [9.17, 15) is 24.0 Å². The summed E-state index contributed by atoms with van der Waals surface area (Å²) in [6.45, 7) is 10.6. The molecule has 1 saturated heterocycles. The number of Topliss-reactive ketones (excluding diaryl/α,β-unsaturated/α-hetero) is 1. The van der Waals surface area contributed by atoms with Gasteiger partial charge in [0.15, 0.2) is 0 Å². The first-order valence-corrected chi connectivity index (χ1v) is 11.8. The second kappa shape index (κ2) is 9.92. The molecule has 10 nitrogen and oxygen atoms in total. The third kappa shape index (κ3) is 7.43. The van der Waals surface area contributed by atoms with Crippen LogP contribution in [0.25, 0.3) is 0 Å². The van der Waals surface area contributed by atoms with Crippen LogP contribution < -0.4 is 5.32 Å². The molecule has 2 saturated carbocycles. The number of carboxylic acid groups (broad SMARTS) is 1. The summed E-state index contributed by atoms with van der Waals surface area (Å²) in [5.74, 6) is -1.38. The van der Waals surface area contributed by atoms with Crippen molar-refractivity contribution in [2.75, 3.05) is 0 Å². The maximum atomic E-state index is 12.1. The molecular weight excluding hydrogens is 444 g/mol. The lowest BCUT2D eigenvalue weighted by molar-refractivity contribution is -0.151. The quantitative estimate of drug-likeness (QED) is 0.577. The number of carbonyl (C=O) groups excluding carboxylic acids is 4. The third-order valence-corrected chi connectivity index (χ3v) is 6.03. The van der Waals surface area contributed by atoms with E-state index in [2.05, 4.69) is 5.32 Å². The molecule has 0 atom stereocenters. The molecule has 1 aliphatic heterocycles. The number of hydrogen-bond acceptors (Lipinski definition) is 7. The molecule has 3 rings (SSSR count). The van der Waals surface area contributed by atoms with Gasteiger partial charge < -0.3 is 19.9 Å². The summed E-state index contributed by atoms with van der Waals surface area (Å²) in [7, 11) is 0. The molecule has 10 heteroatoms. The summed E-state index contributed by atoms with van der Waals surface area (Å²) in [6.07, 6.45) is 3.66. The second-order valence-corrected chi connectivity index (χ2v) is 11.5. The first-order valence-electron chi connectivity index (χ1n) is 11.8. The summed E-state index contributed by atoms with van der Waals surface area (Å²) in [5.41, 5.74) is -2.37. The van der Waals surface area contributed by atoms with E-state index in [1.807, 2.05) is 0 Å². The number of carboxylic acids is 1. The highest BCUT2D eigenvalue weighted by molar-refractivity contribution is 6.07. The number of piperidine rings is 1. The SMILES string of the molecule is CC(C)(C)OC(=O)N1C(=O)CC(=O)CC12CCC2.CC(C)(C)OC(=O)NC1(CC(=O)O)CCC1. The summed E-state index contributed by atoms with van der Waals surface area (Å²) in [5, 5.41) is 11.4. The molecule has 2 N–H and O–H groups in total. The molecule has 3 aliphatic rings. The van der Waals surface area contributed by atoms with Gasteiger partial charge in [0, 0.05) is 6.42 Å². The van der Waals surface area contributed by atoms with Crippen LogP contribution in [0, 0.1) is 0 Å². The fraction of sp³-hybridized carbons (Fsp3) is 0.792. The maximum absolute atomic E-state index is 12.1. The van der Waals surface area contributed by atoms with Gasteiger partial charge in [-0.2, -0.15) is 0 Å². The van der Waals surface area contributed by atoms with E-state index >= 15 is 0 Å². The Kier molecular flexibility index (Phi) is 8.05. The minimum Gasteiger partial charge on any atom is -0.481 e. The Hall–Kier alpha value is -2.65. The lowest BCUT2D eigenvalue weighted by Gasteiger charge is -2.50. The van der Waals surface area contributed by atoms with Gasteiger partial charge in [0.2, 0.25) is 5.91 Å². The van der Waals surface area contributed by atoms with E-state index in [0.29, 0.717) is 25.7 Å². The van der Waals surface area contributed by atoms with Gasteiger partial charge in [0.05, 0.1) is 23.9 Å². The van der Waals surface area contributed by atoms with E-state index in [1.165, 1.54) is 4.90 Å². The van der Waals surface area contributed by atoms with Crippen molar-refractivity contribution in [1.29, 1.82) is 0 Å². The molecule has 1 heterocycles. The molecule has 0 aromatic carbocycles. The van der Waals surface area contributed by atoms with Crippen molar-refractivity contribution < 1.29 is 38.6 Å². The van der Waals surface area contributed by atoms with E-state index in [-0.39, 0.29) is 25.0 Å². The second-order valence-electron chi connectivity index (χ2n) is 11.5. The average Bonchev–Trinajstić information content (AvgIpc) is 2.54. The Balaban J connectivity index is 0.000000242. The number of imide groups is 1. The van der Waals surface area contributed by atoms with Gasteiger partial charge in [0.1, 0.15) is 17.0 Å². The molecule has 0 aromatic rings. The van der Waals surface area contributed by atoms with Crippen LogP contribution in [-0.4, -0.2) is 62.1 Å². The van der Waals surface area contributed by atoms with Crippen LogP contribution in [0.15, 0.2) is 0 Å². The first kappa shape index (κ1) is 27.6. The molecule has 2 aliphatic carbocycles. The molecule has 0 radical (unpaired) electrons. The number of rotatable bonds is 3. The highest BCUT2D eigenvalue weighted by atomic mass is 16.6. The molecule has 0 bridgehead atoms. The lowest BCUT2D eigenvalue weighted by atomic mass is 9.70. The van der Waals surface area contributed by atoms with Gasteiger partial charge in [-0.15, -0.1) is 0 Å². The number of aliphatic carboxylic acids is 1. The van der Waals surface area contributed by atoms with Gasteiger partial charge >= 0.3 is 18.2 Å². The van der Waals surface area contributed by atoms with Crippen molar-refractivity contribution in [2.45, 2.75) is 122 Å². The molecule has 0 aromatic heterocycles. The van der Waals surface area contributed by atoms with Crippen molar-refractivity contribution in [2.24, 2.45) is 0 Å². The zero-order valence-electron chi connectivity index (χ0n) is 21.1. The smallest absolute Gasteiger partial charge is 0.417 e. The van der Waals surface area contributed by atoms with Crippen molar-refractivity contribution in [3.8, 4) is 0 Å². The number of alkyl carbamates (subject to hydrolysis) is 1. The summed E-state index contributed by atoms with van der Waals surface area (Å²) >= 11 is 0. The fourth-order valence-electron chi connectivity index (χ4n) is 4.37. The minimum absolute atomic E-state index is 0.0355. The van der Waals surface area contributed by atoms with Gasteiger partial charge in [0.25, 0.3) is 0 Å². The number of ether oxygens (including phenoxy) is 2. The lowest BCUT2D eigenvalue weighted by Crippen LogP contribution is -2.63. The Bertz CT molecular complexity index is 829. The van der Waals surface area contributed by atoms with Gasteiger partial charge in [-0.25, -0.2) is 14.5 Å². The van der Waals surface area contributed by atoms with Crippen LogP contribution in [0.5, 0.6) is 0 Å². The van der Waals surface area contributed by atoms with E-state index in [1.54, 1.807) is 41.5 Å². The van der Waals surface area contributed by atoms with Crippen LogP contribution >= 0.6 is 0 Å². The number of amides is 3. The van der Waals surface area contributed by atoms with Crippen LogP contribution in [0.3, 0.4) is 0 Å². The third-order valence-electron chi connectivity index (χ3n) is 6.03. The average molecular weight is 483 g/mol. The fourth-order valence-corrected chi connectivity index (χ4v) is 4.37. The number of ketones is 1. The predicted molar refractivity (Wildman–Crippen MR) is 122 cm³/mol. The number of nitrogens with zero attached hydrogens (tertiary/aromatic N) is 1. The van der Waals surface area contributed by atoms with Crippen molar-refractivity contribution in [3.63, 3.8) is 0 Å². The highest BCUT2D eigenvalue weighted by Crippen LogP contribution is 2.44. The van der Waals surface area contributed by atoms with Gasteiger partial charge in [-0.1, -0.05) is 0 Å². The standard InChI is InChI=1S/C13H19NO4.C11H19NO4/c1-12(2,3)18-11(17)14-10(16)7-9(15)8-13(14)5-4-6-13;1-10(2,3)16-9(15)12-11(5-4-6-11)7-8(13)14/h4-8H2,1-3H3;4-7H2,1-3H3,(H,12,15)(H,13,14). The summed E-state index contributed by atoms with van der Waals surface area (Å²) in [6, 6.07) is 0. The van der Waals surface area contributed by atoms with Crippen LogP contribution in [0.1, 0.15) is 99.3 Å². The predicted octanol–water partition coefficient (Wildman–Crippen LogP) is 3.94. The molecule has 34 heavy (non-hydrogen) atoms. The van der Waals surface area contributed by atoms with Crippen molar-refractivity contribution in [1.82, 2.24) is 10.2 Å². The molecule has 3 fully saturated rings. The zero-order valence-corrected chi connectivity index (χ0v) is 21.1. The highest BCUT2D eigenvalue weighted by Gasteiger charge is 2.53. The summed E-state index contributed by atoms with van der Waals surface area (Å²) < 4.78 is 10.4. The van der Waals surface area contributed by atoms with Gasteiger partial charge in [-0.3, -0.25) is 14.4 Å². The number of likely N-dealkylation sites (tertiary alicyclic amines) is 1. The maximum Gasteiger partial charge on any atom is 0.417 e. The molecule has 3 amide bonds. The van der Waals surface area contributed by atoms with E-state index < -0.39 is 46.3 Å². The van der Waals surface area contributed by atoms with Crippen LogP contribution in [-0.2, 0) is 23.9 Å². The number of hydrogen-bond donors (Lipinski definition) is 2. The Labute approximate surface area is 200 Å².